The Hall–Kier alpha value is -3.42. The van der Waals surface area contributed by atoms with Gasteiger partial charge in [-0.1, -0.05) is 68.0 Å². The predicted molar refractivity (Wildman–Crippen MR) is 186 cm³/mol. The SMILES string of the molecule is C=C(CCCCCNCc1c2ccccc2c(CNCCCCCNC(=O)OC(C)(C)C)c2ccccc12)C(=O)OC(C)(C)C. The van der Waals surface area contributed by atoms with Crippen LogP contribution in [0, 0.1) is 0 Å². The van der Waals surface area contributed by atoms with Crippen molar-refractivity contribution in [3.63, 3.8) is 0 Å². The van der Waals surface area contributed by atoms with Gasteiger partial charge in [0, 0.05) is 25.2 Å². The molecule has 45 heavy (non-hydrogen) atoms. The van der Waals surface area contributed by atoms with Crippen LogP contribution in [0.4, 0.5) is 4.79 Å². The van der Waals surface area contributed by atoms with E-state index in [1.165, 1.54) is 32.7 Å². The summed E-state index contributed by atoms with van der Waals surface area (Å²) in [6.45, 7) is 19.2. The lowest BCUT2D eigenvalue weighted by molar-refractivity contribution is -0.150. The van der Waals surface area contributed by atoms with Crippen molar-refractivity contribution in [2.24, 2.45) is 0 Å². The summed E-state index contributed by atoms with van der Waals surface area (Å²) in [4.78, 5) is 23.9. The fourth-order valence-electron chi connectivity index (χ4n) is 5.39. The summed E-state index contributed by atoms with van der Waals surface area (Å²) < 4.78 is 10.7. The zero-order valence-electron chi connectivity index (χ0n) is 28.4. The molecule has 3 aromatic rings. The molecule has 0 fully saturated rings. The van der Waals surface area contributed by atoms with E-state index >= 15 is 0 Å². The van der Waals surface area contributed by atoms with Crippen LogP contribution in [-0.4, -0.2) is 42.9 Å². The minimum absolute atomic E-state index is 0.289. The fraction of sp³-hybridized carbons (Fsp3) is 0.526. The minimum Gasteiger partial charge on any atom is -0.457 e. The molecule has 246 valence electrons. The molecule has 0 aliphatic carbocycles. The van der Waals surface area contributed by atoms with E-state index in [9.17, 15) is 9.59 Å². The smallest absolute Gasteiger partial charge is 0.407 e. The molecule has 1 amide bonds. The lowest BCUT2D eigenvalue weighted by Gasteiger charge is -2.20. The van der Waals surface area contributed by atoms with Crippen molar-refractivity contribution >= 4 is 33.6 Å². The summed E-state index contributed by atoms with van der Waals surface area (Å²) >= 11 is 0. The van der Waals surface area contributed by atoms with Crippen molar-refractivity contribution < 1.29 is 19.1 Å². The molecule has 0 bridgehead atoms. The monoisotopic (exact) mass is 617 g/mol. The van der Waals surface area contributed by atoms with E-state index < -0.39 is 11.2 Å². The topological polar surface area (TPSA) is 88.7 Å². The fourth-order valence-corrected chi connectivity index (χ4v) is 5.39. The van der Waals surface area contributed by atoms with Crippen molar-refractivity contribution in [1.82, 2.24) is 16.0 Å². The lowest BCUT2D eigenvalue weighted by Crippen LogP contribution is -2.33. The number of fused-ring (bicyclic) bond motifs is 2. The number of unbranched alkanes of at least 4 members (excludes halogenated alkanes) is 4. The van der Waals surface area contributed by atoms with Crippen LogP contribution in [0.15, 0.2) is 60.7 Å². The Morgan fingerprint density at radius 3 is 1.49 bits per heavy atom. The van der Waals surface area contributed by atoms with Gasteiger partial charge in [-0.15, -0.1) is 0 Å². The van der Waals surface area contributed by atoms with E-state index in [4.69, 9.17) is 9.47 Å². The van der Waals surface area contributed by atoms with Crippen molar-refractivity contribution in [3.05, 3.63) is 71.8 Å². The van der Waals surface area contributed by atoms with E-state index in [-0.39, 0.29) is 12.1 Å². The molecule has 0 spiro atoms. The number of nitrogens with one attached hydrogen (secondary N) is 3. The Bertz CT molecular complexity index is 1360. The number of carbonyl (C=O) groups is 2. The number of rotatable bonds is 17. The molecule has 0 heterocycles. The summed E-state index contributed by atoms with van der Waals surface area (Å²) in [5, 5.41) is 15.4. The summed E-state index contributed by atoms with van der Waals surface area (Å²) in [6.07, 6.45) is 6.32. The highest BCUT2D eigenvalue weighted by Crippen LogP contribution is 2.33. The number of benzene rings is 3. The first-order valence-corrected chi connectivity index (χ1v) is 16.6. The first kappa shape index (κ1) is 36.1. The summed E-state index contributed by atoms with van der Waals surface area (Å²) in [7, 11) is 0. The van der Waals surface area contributed by atoms with E-state index in [0.717, 1.165) is 64.7 Å². The molecular weight excluding hydrogens is 562 g/mol. The largest absolute Gasteiger partial charge is 0.457 e. The highest BCUT2D eigenvalue weighted by atomic mass is 16.6. The van der Waals surface area contributed by atoms with Crippen LogP contribution in [0.5, 0.6) is 0 Å². The van der Waals surface area contributed by atoms with Gasteiger partial charge in [0.05, 0.1) is 0 Å². The number of ether oxygens (including phenoxy) is 2. The molecule has 7 nitrogen and oxygen atoms in total. The summed E-state index contributed by atoms with van der Waals surface area (Å²) in [6, 6.07) is 17.5. The molecule has 0 atom stereocenters. The zero-order chi connectivity index (χ0) is 32.9. The molecule has 0 radical (unpaired) electrons. The van der Waals surface area contributed by atoms with Gasteiger partial charge in [-0.3, -0.25) is 0 Å². The van der Waals surface area contributed by atoms with E-state index in [1.54, 1.807) is 0 Å². The standard InChI is InChI=1S/C38H55N3O4/c1-28(35(42)44-37(2,3)4)18-10-8-15-23-39-26-33-29-19-11-13-21-31(29)34(32-22-14-12-20-30(32)33)27-40-24-16-9-17-25-41-36(43)45-38(5,6)7/h11-14,19-22,39-40H,1,8-10,15-18,23-27H2,2-7H3,(H,41,43). The molecule has 0 aliphatic heterocycles. The molecule has 0 unspecified atom stereocenters. The van der Waals surface area contributed by atoms with Gasteiger partial charge < -0.3 is 25.4 Å². The Kier molecular flexibility index (Phi) is 13.9. The highest BCUT2D eigenvalue weighted by Gasteiger charge is 2.18. The van der Waals surface area contributed by atoms with Crippen molar-refractivity contribution in [2.45, 2.75) is 111 Å². The maximum absolute atomic E-state index is 12.1. The Morgan fingerprint density at radius 2 is 1.04 bits per heavy atom. The first-order chi connectivity index (χ1) is 21.4. The second kappa shape index (κ2) is 17.3. The Balaban J connectivity index is 1.49. The van der Waals surface area contributed by atoms with Crippen LogP contribution < -0.4 is 16.0 Å². The average molecular weight is 618 g/mol. The van der Waals surface area contributed by atoms with E-state index in [2.05, 4.69) is 71.1 Å². The summed E-state index contributed by atoms with van der Waals surface area (Å²) in [5.41, 5.74) is 2.26. The molecule has 0 saturated carbocycles. The van der Waals surface area contributed by atoms with E-state index in [0.29, 0.717) is 18.5 Å². The number of alkyl carbamates (subject to hydrolysis) is 1. The van der Waals surface area contributed by atoms with Crippen LogP contribution in [-0.2, 0) is 27.4 Å². The third kappa shape index (κ3) is 12.5. The number of esters is 1. The maximum atomic E-state index is 12.1. The van der Waals surface area contributed by atoms with Gasteiger partial charge in [0.1, 0.15) is 11.2 Å². The zero-order valence-corrected chi connectivity index (χ0v) is 28.4. The average Bonchev–Trinajstić information content (AvgIpc) is 2.96. The van der Waals surface area contributed by atoms with Crippen LogP contribution in [0.3, 0.4) is 0 Å². The Morgan fingerprint density at radius 1 is 0.622 bits per heavy atom. The number of hydrogen-bond donors (Lipinski definition) is 3. The molecule has 7 heteroatoms. The highest BCUT2D eigenvalue weighted by molar-refractivity contribution is 6.05. The number of carbonyl (C=O) groups excluding carboxylic acids is 2. The van der Waals surface area contributed by atoms with Crippen molar-refractivity contribution in [1.29, 1.82) is 0 Å². The van der Waals surface area contributed by atoms with Gasteiger partial charge in [-0.05, 0) is 119 Å². The molecule has 3 rings (SSSR count). The number of hydrogen-bond acceptors (Lipinski definition) is 6. The molecular formula is C38H55N3O4. The van der Waals surface area contributed by atoms with Crippen LogP contribution in [0.25, 0.3) is 21.5 Å². The van der Waals surface area contributed by atoms with Crippen molar-refractivity contribution in [2.75, 3.05) is 19.6 Å². The second-order valence-electron chi connectivity index (χ2n) is 13.8. The van der Waals surface area contributed by atoms with Gasteiger partial charge in [0.2, 0.25) is 0 Å². The third-order valence-corrected chi connectivity index (χ3v) is 7.48. The van der Waals surface area contributed by atoms with Crippen molar-refractivity contribution in [3.8, 4) is 0 Å². The second-order valence-corrected chi connectivity index (χ2v) is 13.8. The van der Waals surface area contributed by atoms with Gasteiger partial charge >= 0.3 is 12.1 Å². The van der Waals surface area contributed by atoms with Crippen LogP contribution in [0.1, 0.15) is 97.6 Å². The van der Waals surface area contributed by atoms with Crippen LogP contribution >= 0.6 is 0 Å². The van der Waals surface area contributed by atoms with Gasteiger partial charge in [-0.2, -0.15) is 0 Å². The summed E-state index contributed by atoms with van der Waals surface area (Å²) in [5.74, 6) is -0.289. The quantitative estimate of drug-likeness (QED) is 0.0611. The Labute approximate surface area is 270 Å². The van der Waals surface area contributed by atoms with Gasteiger partial charge in [-0.25, -0.2) is 9.59 Å². The molecule has 3 aromatic carbocycles. The molecule has 3 N–H and O–H groups in total. The van der Waals surface area contributed by atoms with Gasteiger partial charge in [0.25, 0.3) is 0 Å². The normalized spacial score (nSPS) is 12.0. The third-order valence-electron chi connectivity index (χ3n) is 7.48. The molecule has 0 aliphatic rings. The van der Waals surface area contributed by atoms with Crippen LogP contribution in [0.2, 0.25) is 0 Å². The molecule has 0 aromatic heterocycles. The lowest BCUT2D eigenvalue weighted by atomic mass is 9.91. The molecule has 0 saturated heterocycles. The number of amides is 1. The van der Waals surface area contributed by atoms with E-state index in [1.807, 2.05) is 41.5 Å². The first-order valence-electron chi connectivity index (χ1n) is 16.6. The predicted octanol–water partition coefficient (Wildman–Crippen LogP) is 8.33. The maximum Gasteiger partial charge on any atom is 0.407 e. The van der Waals surface area contributed by atoms with Gasteiger partial charge in [0.15, 0.2) is 0 Å². The minimum atomic E-state index is -0.489.